The molecule has 2 N–H and O–H groups in total. The number of halogens is 1. The van der Waals surface area contributed by atoms with E-state index in [1.54, 1.807) is 0 Å². The molecule has 0 saturated carbocycles. The first-order valence-electron chi connectivity index (χ1n) is 7.13. The monoisotopic (exact) mass is 326 g/mol. The number of amides is 2. The zero-order valence-corrected chi connectivity index (χ0v) is 14.4. The van der Waals surface area contributed by atoms with Crippen LogP contribution in [0.1, 0.15) is 27.2 Å². The van der Waals surface area contributed by atoms with Crippen LogP contribution in [0.5, 0.6) is 0 Å². The Morgan fingerprint density at radius 3 is 1.95 bits per heavy atom. The summed E-state index contributed by atoms with van der Waals surface area (Å²) in [5, 5.41) is 5.40. The van der Waals surface area contributed by atoms with Crippen LogP contribution in [-0.2, 0) is 13.3 Å². The lowest BCUT2D eigenvalue weighted by molar-refractivity contribution is 0.0708. The van der Waals surface area contributed by atoms with Crippen LogP contribution in [0.3, 0.4) is 0 Å². The molecular formula is C12H27ClN2O4Si. The first kappa shape index (κ1) is 19.7. The molecule has 0 fully saturated rings. The summed E-state index contributed by atoms with van der Waals surface area (Å²) in [6.45, 7) is 8.49. The minimum Gasteiger partial charge on any atom is -0.374 e. The fourth-order valence-electron chi connectivity index (χ4n) is 1.73. The van der Waals surface area contributed by atoms with E-state index in [4.69, 9.17) is 24.9 Å². The van der Waals surface area contributed by atoms with Crippen LogP contribution in [0.15, 0.2) is 0 Å². The maximum atomic E-state index is 11.3. The van der Waals surface area contributed by atoms with Crippen molar-refractivity contribution in [2.45, 2.75) is 33.2 Å². The molecular weight excluding hydrogens is 300 g/mol. The zero-order chi connectivity index (χ0) is 15.3. The van der Waals surface area contributed by atoms with E-state index in [0.29, 0.717) is 44.8 Å². The molecule has 0 aromatic rings. The number of hydrogen-bond acceptors (Lipinski definition) is 4. The predicted octanol–water partition coefficient (Wildman–Crippen LogP) is 1.96. The van der Waals surface area contributed by atoms with Gasteiger partial charge in [-0.15, -0.1) is 11.6 Å². The highest BCUT2D eigenvalue weighted by molar-refractivity contribution is 6.60. The van der Waals surface area contributed by atoms with Crippen LogP contribution in [0.4, 0.5) is 4.79 Å². The third-order valence-electron chi connectivity index (χ3n) is 2.42. The standard InChI is InChI=1S/C12H27ClN2O4Si/c1-4-17-20(18-5-2,19-6-3)11-7-9-14-12(16)15-10-8-13/h4-11H2,1-3H3,(H2,14,15,16). The van der Waals surface area contributed by atoms with Gasteiger partial charge >= 0.3 is 14.8 Å². The maximum absolute atomic E-state index is 11.3. The number of nitrogens with one attached hydrogen (secondary N) is 2. The Morgan fingerprint density at radius 1 is 1.00 bits per heavy atom. The van der Waals surface area contributed by atoms with Gasteiger partial charge in [-0.2, -0.15) is 0 Å². The molecule has 0 saturated heterocycles. The Bertz CT molecular complexity index is 243. The van der Waals surface area contributed by atoms with Crippen LogP contribution in [-0.4, -0.2) is 53.6 Å². The van der Waals surface area contributed by atoms with E-state index in [1.807, 2.05) is 20.8 Å². The fraction of sp³-hybridized carbons (Fsp3) is 0.917. The summed E-state index contributed by atoms with van der Waals surface area (Å²) in [5.41, 5.74) is 0. The van der Waals surface area contributed by atoms with Crippen LogP contribution < -0.4 is 10.6 Å². The zero-order valence-electron chi connectivity index (χ0n) is 12.7. The highest BCUT2D eigenvalue weighted by atomic mass is 35.5. The number of rotatable bonds is 12. The van der Waals surface area contributed by atoms with E-state index < -0.39 is 8.80 Å². The fourth-order valence-corrected chi connectivity index (χ4v) is 4.44. The molecule has 0 radical (unpaired) electrons. The van der Waals surface area contributed by atoms with E-state index in [0.717, 1.165) is 6.42 Å². The number of hydrogen-bond donors (Lipinski definition) is 2. The van der Waals surface area contributed by atoms with Crippen LogP contribution in [0.25, 0.3) is 0 Å². The Balaban J connectivity index is 4.08. The molecule has 0 rings (SSSR count). The van der Waals surface area contributed by atoms with E-state index >= 15 is 0 Å². The topological polar surface area (TPSA) is 68.8 Å². The molecule has 120 valence electrons. The summed E-state index contributed by atoms with van der Waals surface area (Å²) in [6, 6.07) is 0.486. The van der Waals surface area contributed by atoms with Crippen molar-refractivity contribution in [1.29, 1.82) is 0 Å². The molecule has 0 heterocycles. The highest BCUT2D eigenvalue weighted by Crippen LogP contribution is 2.17. The number of urea groups is 1. The van der Waals surface area contributed by atoms with Gasteiger partial charge in [0.1, 0.15) is 0 Å². The summed E-state index contributed by atoms with van der Waals surface area (Å²) in [7, 11) is -2.59. The first-order chi connectivity index (χ1) is 9.64. The molecule has 0 aromatic heterocycles. The van der Waals surface area contributed by atoms with Crippen LogP contribution in [0, 0.1) is 0 Å². The van der Waals surface area contributed by atoms with Gasteiger partial charge in [-0.05, 0) is 27.2 Å². The van der Waals surface area contributed by atoms with Crippen molar-refractivity contribution in [3.8, 4) is 0 Å². The number of carbonyl (C=O) groups excluding carboxylic acids is 1. The third-order valence-corrected chi connectivity index (χ3v) is 5.76. The van der Waals surface area contributed by atoms with Gasteiger partial charge in [-0.1, -0.05) is 0 Å². The molecule has 0 unspecified atom stereocenters. The first-order valence-corrected chi connectivity index (χ1v) is 9.60. The van der Waals surface area contributed by atoms with Crippen molar-refractivity contribution in [2.75, 3.05) is 38.8 Å². The predicted molar refractivity (Wildman–Crippen MR) is 82.2 cm³/mol. The quantitative estimate of drug-likeness (QED) is 0.327. The Hall–Kier alpha value is -0.343. The van der Waals surface area contributed by atoms with Crippen molar-refractivity contribution in [2.24, 2.45) is 0 Å². The average molecular weight is 327 g/mol. The van der Waals surface area contributed by atoms with Gasteiger partial charge in [0.25, 0.3) is 0 Å². The molecule has 2 amide bonds. The SMILES string of the molecule is CCO[Si](CCCNC(=O)NCCCl)(OCC)OCC. The average Bonchev–Trinajstić information content (AvgIpc) is 2.42. The molecule has 0 aliphatic rings. The summed E-state index contributed by atoms with van der Waals surface area (Å²) in [4.78, 5) is 11.3. The molecule has 0 aliphatic carbocycles. The summed E-state index contributed by atoms with van der Waals surface area (Å²) in [5.74, 6) is 0.405. The molecule has 0 spiro atoms. The summed E-state index contributed by atoms with van der Waals surface area (Å²) in [6.07, 6.45) is 0.751. The lowest BCUT2D eigenvalue weighted by Crippen LogP contribution is -2.46. The third kappa shape index (κ3) is 8.75. The lowest BCUT2D eigenvalue weighted by atomic mass is 10.5. The molecule has 20 heavy (non-hydrogen) atoms. The van der Waals surface area contributed by atoms with Crippen molar-refractivity contribution < 1.29 is 18.1 Å². The summed E-state index contributed by atoms with van der Waals surface area (Å²) < 4.78 is 17.2. The second-order valence-corrected chi connectivity index (χ2v) is 7.07. The Kier molecular flexibility index (Phi) is 12.2. The normalized spacial score (nSPS) is 11.4. The van der Waals surface area contributed by atoms with Gasteiger partial charge in [0.2, 0.25) is 0 Å². The van der Waals surface area contributed by atoms with Gasteiger partial charge in [0.15, 0.2) is 0 Å². The van der Waals surface area contributed by atoms with Crippen molar-refractivity contribution in [3.05, 3.63) is 0 Å². The van der Waals surface area contributed by atoms with Crippen LogP contribution in [0.2, 0.25) is 6.04 Å². The van der Waals surface area contributed by atoms with Crippen molar-refractivity contribution in [1.82, 2.24) is 10.6 Å². The second kappa shape index (κ2) is 12.4. The Morgan fingerprint density at radius 2 is 1.50 bits per heavy atom. The van der Waals surface area contributed by atoms with Crippen molar-refractivity contribution in [3.63, 3.8) is 0 Å². The molecule has 0 bridgehead atoms. The van der Waals surface area contributed by atoms with E-state index in [9.17, 15) is 4.79 Å². The van der Waals surface area contributed by atoms with E-state index in [1.165, 1.54) is 0 Å². The summed E-state index contributed by atoms with van der Waals surface area (Å²) >= 11 is 5.48. The van der Waals surface area contributed by atoms with Gasteiger partial charge in [-0.25, -0.2) is 4.79 Å². The minimum atomic E-state index is -2.59. The molecule has 0 atom stereocenters. The maximum Gasteiger partial charge on any atom is 0.500 e. The molecule has 6 nitrogen and oxygen atoms in total. The van der Waals surface area contributed by atoms with E-state index in [2.05, 4.69) is 10.6 Å². The van der Waals surface area contributed by atoms with E-state index in [-0.39, 0.29) is 6.03 Å². The molecule has 0 aromatic carbocycles. The number of alkyl halides is 1. The van der Waals surface area contributed by atoms with Gasteiger partial charge in [0.05, 0.1) is 0 Å². The van der Waals surface area contributed by atoms with Gasteiger partial charge in [0, 0.05) is 44.8 Å². The van der Waals surface area contributed by atoms with Gasteiger partial charge < -0.3 is 23.9 Å². The number of carbonyl (C=O) groups is 1. The molecule has 0 aliphatic heterocycles. The highest BCUT2D eigenvalue weighted by Gasteiger charge is 2.39. The lowest BCUT2D eigenvalue weighted by Gasteiger charge is -2.28. The molecule has 8 heteroatoms. The smallest absolute Gasteiger partial charge is 0.374 e. The van der Waals surface area contributed by atoms with Gasteiger partial charge in [-0.3, -0.25) is 0 Å². The second-order valence-electron chi connectivity index (χ2n) is 3.96. The van der Waals surface area contributed by atoms with Crippen molar-refractivity contribution >= 4 is 26.4 Å². The minimum absolute atomic E-state index is 0.206. The van der Waals surface area contributed by atoms with Crippen LogP contribution >= 0.6 is 11.6 Å². The Labute approximate surface area is 127 Å². The largest absolute Gasteiger partial charge is 0.500 e.